The summed E-state index contributed by atoms with van der Waals surface area (Å²) in [6.07, 6.45) is -1.15. The van der Waals surface area contributed by atoms with E-state index < -0.39 is 17.7 Å². The fourth-order valence-electron chi connectivity index (χ4n) is 0.294. The molecule has 0 amide bonds. The van der Waals surface area contributed by atoms with E-state index in [-0.39, 0.29) is 0 Å². The van der Waals surface area contributed by atoms with Crippen LogP contribution < -0.4 is 0 Å². The molecule has 0 heterocycles. The molecule has 0 aliphatic heterocycles. The Morgan fingerprint density at radius 1 is 1.50 bits per heavy atom. The number of carbonyl (C=O) groups excluding carboxylic acids is 2. The van der Waals surface area contributed by atoms with Gasteiger partial charge in [-0.05, 0) is 6.92 Å². The number of hydrogen-bond donors (Lipinski definition) is 1. The monoisotopic (exact) mass is 116 g/mol. The van der Waals surface area contributed by atoms with Crippen LogP contribution in [0.3, 0.4) is 0 Å². The topological polar surface area (TPSA) is 54.4 Å². The summed E-state index contributed by atoms with van der Waals surface area (Å²) < 4.78 is 0. The standard InChI is InChI=1S/C5H8O3/c1-3(6)5(8)4(2)7/h3,6H,1-2H3. The minimum atomic E-state index is -1.15. The van der Waals surface area contributed by atoms with E-state index in [1.807, 2.05) is 0 Å². The predicted octanol–water partition coefficient (Wildman–Crippen LogP) is -0.475. The van der Waals surface area contributed by atoms with Gasteiger partial charge in [0.1, 0.15) is 6.10 Å². The summed E-state index contributed by atoms with van der Waals surface area (Å²) in [5.74, 6) is -1.33. The number of carbonyl (C=O) groups is 2. The number of rotatable bonds is 2. The summed E-state index contributed by atoms with van der Waals surface area (Å²) in [5.41, 5.74) is 0. The van der Waals surface area contributed by atoms with Crippen LogP contribution in [0.25, 0.3) is 0 Å². The molecule has 0 aliphatic rings. The quantitative estimate of drug-likeness (QED) is 0.496. The van der Waals surface area contributed by atoms with E-state index in [0.29, 0.717) is 0 Å². The van der Waals surface area contributed by atoms with Crippen molar-refractivity contribution < 1.29 is 14.7 Å². The summed E-state index contributed by atoms with van der Waals surface area (Å²) in [5, 5.41) is 8.42. The lowest BCUT2D eigenvalue weighted by Crippen LogP contribution is -2.22. The van der Waals surface area contributed by atoms with Gasteiger partial charge >= 0.3 is 0 Å². The van der Waals surface area contributed by atoms with Crippen molar-refractivity contribution in [2.24, 2.45) is 0 Å². The SMILES string of the molecule is CC(=O)C(=O)C(C)O. The molecule has 0 radical (unpaired) electrons. The van der Waals surface area contributed by atoms with E-state index in [4.69, 9.17) is 5.11 Å². The van der Waals surface area contributed by atoms with Crippen molar-refractivity contribution in [1.29, 1.82) is 0 Å². The van der Waals surface area contributed by atoms with Gasteiger partial charge in [-0.25, -0.2) is 0 Å². The molecule has 3 heteroatoms. The average molecular weight is 116 g/mol. The second kappa shape index (κ2) is 2.57. The average Bonchev–Trinajstić information content (AvgIpc) is 1.64. The number of aliphatic hydroxyl groups excluding tert-OH is 1. The molecule has 0 aliphatic carbocycles. The molecule has 1 atom stereocenters. The summed E-state index contributed by atoms with van der Waals surface area (Å²) in [6, 6.07) is 0. The molecule has 0 aromatic rings. The van der Waals surface area contributed by atoms with Crippen LogP contribution in [-0.2, 0) is 9.59 Å². The second-order valence-electron chi connectivity index (χ2n) is 1.60. The van der Waals surface area contributed by atoms with Crippen molar-refractivity contribution in [3.63, 3.8) is 0 Å². The van der Waals surface area contributed by atoms with Crippen LogP contribution in [0.1, 0.15) is 13.8 Å². The lowest BCUT2D eigenvalue weighted by atomic mass is 10.2. The third kappa shape index (κ3) is 1.84. The number of Topliss-reactive ketones (excluding diaryl/α,β-unsaturated/α-hetero) is 2. The zero-order valence-corrected chi connectivity index (χ0v) is 4.84. The molecule has 0 aromatic carbocycles. The molecule has 0 spiro atoms. The van der Waals surface area contributed by atoms with E-state index in [0.717, 1.165) is 6.92 Å². The van der Waals surface area contributed by atoms with E-state index in [1.54, 1.807) is 0 Å². The van der Waals surface area contributed by atoms with E-state index >= 15 is 0 Å². The van der Waals surface area contributed by atoms with Gasteiger partial charge in [0.15, 0.2) is 5.78 Å². The maximum atomic E-state index is 10.2. The fraction of sp³-hybridized carbons (Fsp3) is 0.600. The van der Waals surface area contributed by atoms with E-state index in [2.05, 4.69) is 0 Å². The molecular formula is C5H8O3. The molecule has 3 nitrogen and oxygen atoms in total. The highest BCUT2D eigenvalue weighted by molar-refractivity contribution is 6.37. The van der Waals surface area contributed by atoms with Crippen LogP contribution in [0.4, 0.5) is 0 Å². The van der Waals surface area contributed by atoms with Crippen LogP contribution in [-0.4, -0.2) is 22.8 Å². The van der Waals surface area contributed by atoms with Crippen molar-refractivity contribution in [2.45, 2.75) is 20.0 Å². The first kappa shape index (κ1) is 7.30. The maximum absolute atomic E-state index is 10.2. The second-order valence-corrected chi connectivity index (χ2v) is 1.60. The third-order valence-corrected chi connectivity index (χ3v) is 0.726. The van der Waals surface area contributed by atoms with Gasteiger partial charge in [-0.1, -0.05) is 0 Å². The molecule has 0 rings (SSSR count). The van der Waals surface area contributed by atoms with Crippen molar-refractivity contribution in [2.75, 3.05) is 0 Å². The lowest BCUT2D eigenvalue weighted by molar-refractivity contribution is -0.139. The minimum absolute atomic E-state index is 0.597. The van der Waals surface area contributed by atoms with Gasteiger partial charge in [-0.15, -0.1) is 0 Å². The molecule has 1 N–H and O–H groups in total. The van der Waals surface area contributed by atoms with Gasteiger partial charge in [0.05, 0.1) is 0 Å². The van der Waals surface area contributed by atoms with Crippen LogP contribution in [0, 0.1) is 0 Å². The molecule has 0 aromatic heterocycles. The first-order chi connectivity index (χ1) is 3.55. The van der Waals surface area contributed by atoms with Crippen molar-refractivity contribution in [3.8, 4) is 0 Å². The van der Waals surface area contributed by atoms with E-state index in [9.17, 15) is 9.59 Å². The van der Waals surface area contributed by atoms with Crippen LogP contribution in [0.2, 0.25) is 0 Å². The van der Waals surface area contributed by atoms with Gasteiger partial charge in [-0.2, -0.15) is 0 Å². The smallest absolute Gasteiger partial charge is 0.226 e. The van der Waals surface area contributed by atoms with Gasteiger partial charge in [0.25, 0.3) is 0 Å². The maximum Gasteiger partial charge on any atom is 0.226 e. The van der Waals surface area contributed by atoms with Crippen molar-refractivity contribution >= 4 is 11.6 Å². The van der Waals surface area contributed by atoms with Crippen LogP contribution in [0.5, 0.6) is 0 Å². The Balaban J connectivity index is 3.84. The number of ketones is 2. The zero-order chi connectivity index (χ0) is 6.73. The number of aliphatic hydroxyl groups is 1. The Hall–Kier alpha value is -0.700. The van der Waals surface area contributed by atoms with E-state index in [1.165, 1.54) is 6.92 Å². The molecule has 0 bridgehead atoms. The third-order valence-electron chi connectivity index (χ3n) is 0.726. The fourth-order valence-corrected chi connectivity index (χ4v) is 0.294. The molecule has 0 fully saturated rings. The molecule has 46 valence electrons. The Bertz CT molecular complexity index is 115. The molecule has 0 saturated carbocycles. The largest absolute Gasteiger partial charge is 0.385 e. The summed E-state index contributed by atoms with van der Waals surface area (Å²) in [6.45, 7) is 2.40. The predicted molar refractivity (Wildman–Crippen MR) is 27.4 cm³/mol. The lowest BCUT2D eigenvalue weighted by Gasteiger charge is -1.94. The molecule has 1 unspecified atom stereocenters. The summed E-state index contributed by atoms with van der Waals surface area (Å²) in [4.78, 5) is 20.3. The summed E-state index contributed by atoms with van der Waals surface area (Å²) >= 11 is 0. The highest BCUT2D eigenvalue weighted by Gasteiger charge is 2.12. The van der Waals surface area contributed by atoms with Gasteiger partial charge in [0.2, 0.25) is 5.78 Å². The normalized spacial score (nSPS) is 12.9. The molecule has 0 saturated heterocycles. The van der Waals surface area contributed by atoms with Gasteiger partial charge < -0.3 is 5.11 Å². The van der Waals surface area contributed by atoms with Gasteiger partial charge in [-0.3, -0.25) is 9.59 Å². The Kier molecular flexibility index (Phi) is 2.34. The molecular weight excluding hydrogens is 108 g/mol. The minimum Gasteiger partial charge on any atom is -0.385 e. The van der Waals surface area contributed by atoms with Gasteiger partial charge in [0, 0.05) is 6.92 Å². The molecule has 8 heavy (non-hydrogen) atoms. The number of hydrogen-bond acceptors (Lipinski definition) is 3. The van der Waals surface area contributed by atoms with Crippen molar-refractivity contribution in [3.05, 3.63) is 0 Å². The Labute approximate surface area is 47.3 Å². The Morgan fingerprint density at radius 3 is 1.88 bits per heavy atom. The first-order valence-electron chi connectivity index (χ1n) is 2.28. The highest BCUT2D eigenvalue weighted by atomic mass is 16.3. The summed E-state index contributed by atoms with van der Waals surface area (Å²) in [7, 11) is 0. The van der Waals surface area contributed by atoms with Crippen molar-refractivity contribution in [1.82, 2.24) is 0 Å². The highest BCUT2D eigenvalue weighted by Crippen LogP contribution is 1.82. The van der Waals surface area contributed by atoms with Crippen LogP contribution >= 0.6 is 0 Å². The zero-order valence-electron chi connectivity index (χ0n) is 4.84. The van der Waals surface area contributed by atoms with Crippen LogP contribution in [0.15, 0.2) is 0 Å². The first-order valence-corrected chi connectivity index (χ1v) is 2.28. The Morgan fingerprint density at radius 2 is 1.88 bits per heavy atom.